The molecule has 0 saturated carbocycles. The quantitative estimate of drug-likeness (QED) is 0.721. The Morgan fingerprint density at radius 2 is 2.00 bits per heavy atom. The first-order chi connectivity index (χ1) is 7.30. The molecule has 0 bridgehead atoms. The average molecular weight is 264 g/mol. The van der Waals surface area contributed by atoms with Crippen molar-refractivity contribution >= 4 is 33.2 Å². The van der Waals surface area contributed by atoms with Gasteiger partial charge in [0.05, 0.1) is 16.4 Å². The molecule has 0 fully saturated rings. The predicted molar refractivity (Wildman–Crippen MR) is 66.7 cm³/mol. The molecule has 16 heavy (non-hydrogen) atoms. The Kier molecular flexibility index (Phi) is 4.01. The molecule has 0 amide bonds. The van der Waals surface area contributed by atoms with Crippen molar-refractivity contribution in [2.75, 3.05) is 10.5 Å². The van der Waals surface area contributed by atoms with E-state index in [4.69, 9.17) is 17.3 Å². The van der Waals surface area contributed by atoms with E-state index in [0.29, 0.717) is 16.4 Å². The van der Waals surface area contributed by atoms with Crippen LogP contribution in [0.25, 0.3) is 0 Å². The number of anilines is 2. The third-order valence-corrected chi connectivity index (χ3v) is 3.26. The van der Waals surface area contributed by atoms with Crippen LogP contribution in [-0.4, -0.2) is 14.5 Å². The van der Waals surface area contributed by atoms with Gasteiger partial charge < -0.3 is 5.73 Å². The fourth-order valence-electron chi connectivity index (χ4n) is 1.09. The van der Waals surface area contributed by atoms with E-state index in [1.54, 1.807) is 19.9 Å². The molecule has 4 N–H and O–H groups in total. The molecule has 0 aromatic heterocycles. The molecule has 0 unspecified atom stereocenters. The average Bonchev–Trinajstić information content (AvgIpc) is 2.08. The molecule has 0 aliphatic carbocycles. The van der Waals surface area contributed by atoms with Crippen LogP contribution < -0.4 is 15.2 Å². The Labute approximate surface area is 100 Å². The fraction of sp³-hybridized carbons (Fsp3) is 0.333. The Bertz CT molecular complexity index is 474. The van der Waals surface area contributed by atoms with Crippen LogP contribution in [-0.2, 0) is 10.2 Å². The third-order valence-electron chi connectivity index (χ3n) is 1.64. The van der Waals surface area contributed by atoms with E-state index < -0.39 is 10.2 Å². The minimum Gasteiger partial charge on any atom is -0.398 e. The highest BCUT2D eigenvalue weighted by molar-refractivity contribution is 7.90. The fourth-order valence-corrected chi connectivity index (χ4v) is 2.38. The van der Waals surface area contributed by atoms with Gasteiger partial charge >= 0.3 is 0 Å². The highest BCUT2D eigenvalue weighted by Gasteiger charge is 2.11. The summed E-state index contributed by atoms with van der Waals surface area (Å²) in [5, 5.41) is 0.310. The summed E-state index contributed by atoms with van der Waals surface area (Å²) in [6, 6.07) is 4.36. The lowest BCUT2D eigenvalue weighted by atomic mass is 10.3. The van der Waals surface area contributed by atoms with Crippen molar-refractivity contribution < 1.29 is 8.42 Å². The second kappa shape index (κ2) is 4.90. The van der Waals surface area contributed by atoms with Crippen molar-refractivity contribution in [1.82, 2.24) is 4.72 Å². The summed E-state index contributed by atoms with van der Waals surface area (Å²) in [4.78, 5) is 0. The molecule has 1 aromatic carbocycles. The van der Waals surface area contributed by atoms with E-state index in [1.807, 2.05) is 0 Å². The van der Waals surface area contributed by atoms with Gasteiger partial charge in [-0.3, -0.25) is 4.72 Å². The maximum absolute atomic E-state index is 11.5. The van der Waals surface area contributed by atoms with E-state index in [1.165, 1.54) is 12.1 Å². The molecule has 0 heterocycles. The minimum atomic E-state index is -3.56. The van der Waals surface area contributed by atoms with Gasteiger partial charge in [-0.15, -0.1) is 0 Å². The van der Waals surface area contributed by atoms with Gasteiger partial charge in [0, 0.05) is 6.04 Å². The molecule has 0 spiro atoms. The molecule has 0 aliphatic heterocycles. The normalized spacial score (nSPS) is 11.8. The number of benzene rings is 1. The van der Waals surface area contributed by atoms with Crippen molar-refractivity contribution in [2.45, 2.75) is 19.9 Å². The first-order valence-corrected chi connectivity index (χ1v) is 6.51. The Hall–Kier alpha value is -0.980. The highest BCUT2D eigenvalue weighted by Crippen LogP contribution is 2.22. The van der Waals surface area contributed by atoms with Crippen molar-refractivity contribution in [3.63, 3.8) is 0 Å². The zero-order valence-electron chi connectivity index (χ0n) is 8.99. The Balaban J connectivity index is 2.84. The lowest BCUT2D eigenvalue weighted by molar-refractivity contribution is 0.575. The first-order valence-electron chi connectivity index (χ1n) is 4.65. The van der Waals surface area contributed by atoms with E-state index in [-0.39, 0.29) is 6.04 Å². The number of rotatable bonds is 4. The van der Waals surface area contributed by atoms with Crippen LogP contribution in [0.5, 0.6) is 0 Å². The smallest absolute Gasteiger partial charge is 0.299 e. The number of halogens is 1. The van der Waals surface area contributed by atoms with Crippen LogP contribution >= 0.6 is 11.6 Å². The molecular formula is C9H14ClN3O2S. The van der Waals surface area contributed by atoms with Crippen molar-refractivity contribution in [3.05, 3.63) is 23.2 Å². The maximum Gasteiger partial charge on any atom is 0.299 e. The van der Waals surface area contributed by atoms with E-state index in [0.717, 1.165) is 0 Å². The molecule has 0 atom stereocenters. The summed E-state index contributed by atoms with van der Waals surface area (Å²) in [5.41, 5.74) is 6.28. The topological polar surface area (TPSA) is 84.2 Å². The summed E-state index contributed by atoms with van der Waals surface area (Å²) < 4.78 is 27.7. The van der Waals surface area contributed by atoms with Gasteiger partial charge in [-0.05, 0) is 32.0 Å². The van der Waals surface area contributed by atoms with Crippen LogP contribution in [0.4, 0.5) is 11.4 Å². The summed E-state index contributed by atoms with van der Waals surface area (Å²) in [6.45, 7) is 3.46. The molecule has 0 saturated heterocycles. The lowest BCUT2D eigenvalue weighted by Crippen LogP contribution is -2.35. The second-order valence-electron chi connectivity index (χ2n) is 3.61. The monoisotopic (exact) mass is 263 g/mol. The SMILES string of the molecule is CC(C)NS(=O)(=O)Nc1ccc(N)c(Cl)c1. The zero-order valence-corrected chi connectivity index (χ0v) is 10.6. The van der Waals surface area contributed by atoms with Crippen LogP contribution in [0.15, 0.2) is 18.2 Å². The van der Waals surface area contributed by atoms with Gasteiger partial charge in [-0.1, -0.05) is 11.6 Å². The van der Waals surface area contributed by atoms with Crippen LogP contribution in [0.2, 0.25) is 5.02 Å². The lowest BCUT2D eigenvalue weighted by Gasteiger charge is -2.12. The largest absolute Gasteiger partial charge is 0.398 e. The Morgan fingerprint density at radius 3 is 2.50 bits per heavy atom. The zero-order chi connectivity index (χ0) is 12.3. The number of nitrogens with one attached hydrogen (secondary N) is 2. The van der Waals surface area contributed by atoms with Gasteiger partial charge in [-0.25, -0.2) is 0 Å². The molecule has 0 radical (unpaired) electrons. The molecule has 90 valence electrons. The Morgan fingerprint density at radius 1 is 1.38 bits per heavy atom. The summed E-state index contributed by atoms with van der Waals surface area (Å²) in [6.07, 6.45) is 0. The number of nitrogens with two attached hydrogens (primary N) is 1. The van der Waals surface area contributed by atoms with Gasteiger partial charge in [0.2, 0.25) is 0 Å². The third kappa shape index (κ3) is 3.88. The summed E-state index contributed by atoms with van der Waals surface area (Å²) in [7, 11) is -3.56. The summed E-state index contributed by atoms with van der Waals surface area (Å²) >= 11 is 5.77. The van der Waals surface area contributed by atoms with Gasteiger partial charge in [0.15, 0.2) is 0 Å². The van der Waals surface area contributed by atoms with E-state index >= 15 is 0 Å². The minimum absolute atomic E-state index is 0.179. The van der Waals surface area contributed by atoms with E-state index in [2.05, 4.69) is 9.44 Å². The number of nitrogen functional groups attached to an aromatic ring is 1. The van der Waals surface area contributed by atoms with Crippen LogP contribution in [0.1, 0.15) is 13.8 Å². The molecule has 5 nitrogen and oxygen atoms in total. The van der Waals surface area contributed by atoms with Crippen LogP contribution in [0.3, 0.4) is 0 Å². The maximum atomic E-state index is 11.5. The standard InChI is InChI=1S/C9H14ClN3O2S/c1-6(2)12-16(14,15)13-7-3-4-9(11)8(10)5-7/h3-6,12-13H,11H2,1-2H3. The molecule has 7 heteroatoms. The second-order valence-corrected chi connectivity index (χ2v) is 5.47. The number of hydrogen-bond acceptors (Lipinski definition) is 3. The predicted octanol–water partition coefficient (Wildman–Crippen LogP) is 1.58. The van der Waals surface area contributed by atoms with Gasteiger partial charge in [0.1, 0.15) is 0 Å². The van der Waals surface area contributed by atoms with Gasteiger partial charge in [-0.2, -0.15) is 13.1 Å². The van der Waals surface area contributed by atoms with Crippen molar-refractivity contribution in [1.29, 1.82) is 0 Å². The molecule has 1 rings (SSSR count). The molecular weight excluding hydrogens is 250 g/mol. The summed E-state index contributed by atoms with van der Waals surface area (Å²) in [5.74, 6) is 0. The van der Waals surface area contributed by atoms with Crippen molar-refractivity contribution in [3.8, 4) is 0 Å². The van der Waals surface area contributed by atoms with Crippen molar-refractivity contribution in [2.24, 2.45) is 0 Å². The van der Waals surface area contributed by atoms with E-state index in [9.17, 15) is 8.42 Å². The highest BCUT2D eigenvalue weighted by atomic mass is 35.5. The molecule has 0 aliphatic rings. The van der Waals surface area contributed by atoms with Gasteiger partial charge in [0.25, 0.3) is 10.2 Å². The van der Waals surface area contributed by atoms with Crippen LogP contribution in [0, 0.1) is 0 Å². The molecule has 1 aromatic rings. The number of hydrogen-bond donors (Lipinski definition) is 3. The first kappa shape index (κ1) is 13.1.